The van der Waals surface area contributed by atoms with Gasteiger partial charge in [0, 0.05) is 28.7 Å². The summed E-state index contributed by atoms with van der Waals surface area (Å²) in [6.45, 7) is 2.03. The highest BCUT2D eigenvalue weighted by atomic mass is 35.5. The maximum absolute atomic E-state index is 12.7. The zero-order valence-corrected chi connectivity index (χ0v) is 15.2. The highest BCUT2D eigenvalue weighted by molar-refractivity contribution is 6.30. The minimum absolute atomic E-state index is 0.0673. The number of halogens is 1. The lowest BCUT2D eigenvalue weighted by Crippen LogP contribution is -2.79. The van der Waals surface area contributed by atoms with Crippen LogP contribution in [0.25, 0.3) is 0 Å². The first-order valence-corrected chi connectivity index (χ1v) is 9.24. The van der Waals surface area contributed by atoms with Gasteiger partial charge in [0.2, 0.25) is 0 Å². The average molecular weight is 374 g/mol. The Morgan fingerprint density at radius 3 is 2.88 bits per heavy atom. The molecule has 1 aromatic heterocycles. The van der Waals surface area contributed by atoms with E-state index < -0.39 is 12.2 Å². The molecule has 3 fully saturated rings. The van der Waals surface area contributed by atoms with E-state index in [0.717, 1.165) is 24.8 Å². The molecule has 0 unspecified atom stereocenters. The summed E-state index contributed by atoms with van der Waals surface area (Å²) in [5.74, 6) is 0.365. The number of nitrogens with one attached hydrogen (secondary N) is 1. The SMILES string of the molecule is Cc1cnn(C23CC(NC(=O)[C@@H]4C[C@@H](O)c5cc(Cl)ccc5O4)(C2)C3)c1. The van der Waals surface area contributed by atoms with Crippen molar-refractivity contribution in [2.24, 2.45) is 0 Å². The smallest absolute Gasteiger partial charge is 0.261 e. The van der Waals surface area contributed by atoms with E-state index in [4.69, 9.17) is 16.3 Å². The van der Waals surface area contributed by atoms with Crippen LogP contribution in [0.1, 0.15) is 42.9 Å². The fourth-order valence-electron chi connectivity index (χ4n) is 4.70. The molecule has 1 aliphatic heterocycles. The minimum Gasteiger partial charge on any atom is -0.480 e. The molecule has 3 aliphatic carbocycles. The van der Waals surface area contributed by atoms with Gasteiger partial charge in [-0.3, -0.25) is 9.48 Å². The number of amides is 1. The van der Waals surface area contributed by atoms with Crippen LogP contribution in [0.4, 0.5) is 0 Å². The van der Waals surface area contributed by atoms with Crippen LogP contribution in [0.2, 0.25) is 5.02 Å². The van der Waals surface area contributed by atoms with Crippen molar-refractivity contribution in [3.05, 3.63) is 46.7 Å². The maximum atomic E-state index is 12.7. The summed E-state index contributed by atoms with van der Waals surface area (Å²) in [4.78, 5) is 12.7. The van der Waals surface area contributed by atoms with Gasteiger partial charge in [0.25, 0.3) is 5.91 Å². The molecule has 1 aromatic carbocycles. The topological polar surface area (TPSA) is 76.4 Å². The van der Waals surface area contributed by atoms with E-state index in [1.54, 1.807) is 18.2 Å². The van der Waals surface area contributed by atoms with E-state index in [2.05, 4.69) is 16.6 Å². The van der Waals surface area contributed by atoms with E-state index >= 15 is 0 Å². The molecule has 6 nitrogen and oxygen atoms in total. The van der Waals surface area contributed by atoms with Crippen LogP contribution >= 0.6 is 11.6 Å². The van der Waals surface area contributed by atoms with Crippen molar-refractivity contribution in [3.63, 3.8) is 0 Å². The third kappa shape index (κ3) is 2.28. The quantitative estimate of drug-likeness (QED) is 0.866. The van der Waals surface area contributed by atoms with Crippen LogP contribution in [0.5, 0.6) is 5.75 Å². The van der Waals surface area contributed by atoms with Crippen molar-refractivity contribution in [3.8, 4) is 5.75 Å². The first-order valence-electron chi connectivity index (χ1n) is 8.86. The number of rotatable bonds is 3. The first kappa shape index (κ1) is 16.1. The number of nitrogens with zero attached hydrogens (tertiary/aromatic N) is 2. The standard InChI is InChI=1S/C19H20ClN3O3/c1-11-6-21-23(7-11)19-8-18(9-19,10-19)22-17(25)16-5-14(24)13-4-12(20)2-3-15(13)26-16/h2-4,6-7,14,16,24H,5,8-10H2,1H3,(H,22,25)/t14-,16+,18?,19?/m1/s1. The number of aryl methyl sites for hydroxylation is 1. The van der Waals surface area contributed by atoms with Gasteiger partial charge >= 0.3 is 0 Å². The molecule has 7 heteroatoms. The Hall–Kier alpha value is -2.05. The molecule has 6 rings (SSSR count). The number of ether oxygens (including phenoxy) is 1. The third-order valence-corrected chi connectivity index (χ3v) is 6.15. The number of benzene rings is 1. The zero-order valence-electron chi connectivity index (χ0n) is 14.4. The third-order valence-electron chi connectivity index (χ3n) is 5.92. The van der Waals surface area contributed by atoms with E-state index in [1.165, 1.54) is 0 Å². The van der Waals surface area contributed by atoms with Crippen molar-refractivity contribution in [1.82, 2.24) is 15.1 Å². The van der Waals surface area contributed by atoms with Gasteiger partial charge in [-0.05, 0) is 49.9 Å². The Labute approximate surface area is 156 Å². The second-order valence-corrected chi connectivity index (χ2v) is 8.46. The van der Waals surface area contributed by atoms with E-state index in [0.29, 0.717) is 16.3 Å². The van der Waals surface area contributed by atoms with Crippen LogP contribution < -0.4 is 10.1 Å². The number of aliphatic hydroxyl groups is 1. The molecule has 2 bridgehead atoms. The van der Waals surface area contributed by atoms with Gasteiger partial charge in [-0.15, -0.1) is 0 Å². The molecule has 0 radical (unpaired) electrons. The molecule has 0 saturated heterocycles. The van der Waals surface area contributed by atoms with Gasteiger partial charge in [0.1, 0.15) is 5.75 Å². The van der Waals surface area contributed by atoms with Crippen LogP contribution in [-0.2, 0) is 10.3 Å². The second kappa shape index (κ2) is 5.24. The molecule has 2 aromatic rings. The number of aliphatic hydroxyl groups excluding tert-OH is 1. The van der Waals surface area contributed by atoms with Gasteiger partial charge in [0.05, 0.1) is 17.8 Å². The highest BCUT2D eigenvalue weighted by Crippen LogP contribution is 2.65. The molecule has 3 saturated carbocycles. The predicted molar refractivity (Wildman–Crippen MR) is 95.1 cm³/mol. The summed E-state index contributed by atoms with van der Waals surface area (Å²) in [6, 6.07) is 5.09. The Bertz CT molecular complexity index is 889. The van der Waals surface area contributed by atoms with Gasteiger partial charge in [-0.25, -0.2) is 0 Å². The zero-order chi connectivity index (χ0) is 18.1. The Morgan fingerprint density at radius 2 is 2.19 bits per heavy atom. The summed E-state index contributed by atoms with van der Waals surface area (Å²) < 4.78 is 7.85. The van der Waals surface area contributed by atoms with Crippen LogP contribution in [0, 0.1) is 6.92 Å². The normalized spacial score (nSPS) is 34.1. The molecular weight excluding hydrogens is 354 g/mol. The fourth-order valence-corrected chi connectivity index (χ4v) is 4.88. The predicted octanol–water partition coefficient (Wildman–Crippen LogP) is 2.48. The largest absolute Gasteiger partial charge is 0.480 e. The number of fused-ring (bicyclic) bond motifs is 1. The van der Waals surface area contributed by atoms with Crippen molar-refractivity contribution in [2.45, 2.75) is 55.9 Å². The second-order valence-electron chi connectivity index (χ2n) is 8.03. The average Bonchev–Trinajstić information content (AvgIpc) is 2.96. The molecule has 2 heterocycles. The number of hydrogen-bond acceptors (Lipinski definition) is 4. The van der Waals surface area contributed by atoms with Crippen LogP contribution in [0.3, 0.4) is 0 Å². The minimum atomic E-state index is -0.750. The van der Waals surface area contributed by atoms with Crippen molar-refractivity contribution < 1.29 is 14.6 Å². The molecule has 136 valence electrons. The van der Waals surface area contributed by atoms with Gasteiger partial charge < -0.3 is 15.2 Å². The van der Waals surface area contributed by atoms with Gasteiger partial charge in [-0.2, -0.15) is 5.10 Å². The lowest BCUT2D eigenvalue weighted by molar-refractivity contribution is -0.165. The summed E-state index contributed by atoms with van der Waals surface area (Å²) in [6.07, 6.45) is 5.42. The fraction of sp³-hybridized carbons (Fsp3) is 0.474. The Morgan fingerprint density at radius 1 is 1.42 bits per heavy atom. The summed E-state index contributed by atoms with van der Waals surface area (Å²) in [5, 5.41) is 18.5. The van der Waals surface area contributed by atoms with E-state index in [1.807, 2.05) is 17.8 Å². The molecule has 1 amide bonds. The number of hydrogen-bond donors (Lipinski definition) is 2. The van der Waals surface area contributed by atoms with E-state index in [-0.39, 0.29) is 23.4 Å². The van der Waals surface area contributed by atoms with Gasteiger partial charge in [-0.1, -0.05) is 11.6 Å². The number of carbonyl (C=O) groups excluding carboxylic acids is 1. The Kier molecular flexibility index (Phi) is 3.25. The van der Waals surface area contributed by atoms with Crippen LogP contribution in [-0.4, -0.2) is 32.4 Å². The number of carbonyl (C=O) groups is 1. The van der Waals surface area contributed by atoms with Crippen molar-refractivity contribution in [2.75, 3.05) is 0 Å². The van der Waals surface area contributed by atoms with E-state index in [9.17, 15) is 9.90 Å². The first-order chi connectivity index (χ1) is 12.4. The summed E-state index contributed by atoms with van der Waals surface area (Å²) in [5.41, 5.74) is 1.71. The molecule has 2 N–H and O–H groups in total. The lowest BCUT2D eigenvalue weighted by atomic mass is 9.44. The molecule has 4 aliphatic rings. The number of aromatic nitrogens is 2. The summed E-state index contributed by atoms with van der Waals surface area (Å²) >= 11 is 5.97. The molecule has 0 spiro atoms. The maximum Gasteiger partial charge on any atom is 0.261 e. The van der Waals surface area contributed by atoms with Gasteiger partial charge in [0.15, 0.2) is 6.10 Å². The Balaban J connectivity index is 1.25. The lowest BCUT2D eigenvalue weighted by Gasteiger charge is -2.70. The molecule has 26 heavy (non-hydrogen) atoms. The molecule has 2 atom stereocenters. The van der Waals surface area contributed by atoms with Crippen molar-refractivity contribution >= 4 is 17.5 Å². The summed E-state index contributed by atoms with van der Waals surface area (Å²) in [7, 11) is 0. The molecular formula is C19H20ClN3O3. The van der Waals surface area contributed by atoms with Crippen LogP contribution in [0.15, 0.2) is 30.6 Å². The van der Waals surface area contributed by atoms with Crippen molar-refractivity contribution in [1.29, 1.82) is 0 Å². The monoisotopic (exact) mass is 373 g/mol. The highest BCUT2D eigenvalue weighted by Gasteiger charge is 2.70.